The van der Waals surface area contributed by atoms with Crippen LogP contribution in [0.3, 0.4) is 0 Å². The van der Waals surface area contributed by atoms with E-state index in [1.807, 2.05) is 42.5 Å². The number of nitrogen functional groups attached to an aromatic ring is 1. The van der Waals surface area contributed by atoms with Gasteiger partial charge in [-0.15, -0.1) is 0 Å². The van der Waals surface area contributed by atoms with Gasteiger partial charge in [-0.05, 0) is 29.8 Å². The van der Waals surface area contributed by atoms with Gasteiger partial charge >= 0.3 is 0 Å². The summed E-state index contributed by atoms with van der Waals surface area (Å²) >= 11 is 9.50. The van der Waals surface area contributed by atoms with E-state index in [1.165, 1.54) is 17.8 Å². The summed E-state index contributed by atoms with van der Waals surface area (Å²) in [6.45, 7) is 0. The maximum Gasteiger partial charge on any atom is 0.136 e. The Balaban J connectivity index is 0.000000216. The lowest BCUT2D eigenvalue weighted by Crippen LogP contribution is -1.88. The third-order valence-electron chi connectivity index (χ3n) is 4.09. The Morgan fingerprint density at radius 1 is 0.487 bits per heavy atom. The summed E-state index contributed by atoms with van der Waals surface area (Å²) in [7, 11) is 29.0. The molecule has 2 nitrogen and oxygen atoms in total. The van der Waals surface area contributed by atoms with Gasteiger partial charge in [0.05, 0.1) is 0 Å². The second kappa shape index (κ2) is 22.0. The molecule has 0 saturated carbocycles. The molecule has 1 heterocycles. The zero-order valence-corrected chi connectivity index (χ0v) is 34.1. The molecule has 21 heteroatoms. The van der Waals surface area contributed by atoms with Gasteiger partial charge in [0.25, 0.3) is 0 Å². The van der Waals surface area contributed by atoms with Gasteiger partial charge in [0.2, 0.25) is 0 Å². The monoisotopic (exact) mass is 867 g/mol. The van der Waals surface area contributed by atoms with Crippen LogP contribution < -0.4 is 5.73 Å². The van der Waals surface area contributed by atoms with E-state index in [0.717, 1.165) is 38.8 Å². The number of nitrogens with two attached hydrogens (primary N) is 1. The van der Waals surface area contributed by atoms with Gasteiger partial charge in [0.1, 0.15) is 11.2 Å². The van der Waals surface area contributed by atoms with Crippen LogP contribution in [0.25, 0.3) is 33.1 Å². The smallest absolute Gasteiger partial charge is 0.136 e. The quantitative estimate of drug-likeness (QED) is 0.280. The van der Waals surface area contributed by atoms with E-state index in [0.29, 0.717) is 0 Å². The first-order valence-electron chi connectivity index (χ1n) is 9.59. The lowest BCUT2D eigenvalue weighted by Gasteiger charge is -2.05. The maximum absolute atomic E-state index is 6.04. The second-order valence-electron chi connectivity index (χ2n) is 6.05. The molecular formula is C18H13NOS19. The highest BCUT2D eigenvalue weighted by molar-refractivity contribution is 8.78. The van der Waals surface area contributed by atoms with Crippen molar-refractivity contribution in [3.63, 3.8) is 0 Å². The van der Waals surface area contributed by atoms with Gasteiger partial charge in [0.15, 0.2) is 0 Å². The van der Waals surface area contributed by atoms with Crippen LogP contribution in [0.2, 0.25) is 0 Å². The molecule has 0 unspecified atom stereocenters. The molecule has 0 aliphatic heterocycles. The van der Waals surface area contributed by atoms with Crippen molar-refractivity contribution in [2.75, 3.05) is 5.73 Å². The average Bonchev–Trinajstić information content (AvgIpc) is 3.34. The van der Waals surface area contributed by atoms with E-state index in [4.69, 9.17) is 32.5 Å². The minimum atomic E-state index is 0.781. The first kappa shape index (κ1) is 34.9. The molecule has 0 fully saturated rings. The van der Waals surface area contributed by atoms with Crippen LogP contribution in [0.4, 0.5) is 5.69 Å². The largest absolute Gasteiger partial charge is 0.456 e. The zero-order valence-electron chi connectivity index (χ0n) is 18.6. The number of furan rings is 1. The normalized spacial score (nSPS) is 9.33. The van der Waals surface area contributed by atoms with Gasteiger partial charge in [-0.2, -0.15) is 0 Å². The number of rotatable bonds is 1. The summed E-state index contributed by atoms with van der Waals surface area (Å²) in [5.41, 5.74) is 10.7. The van der Waals surface area contributed by atoms with Crippen LogP contribution >= 0.6 is 0 Å². The summed E-state index contributed by atoms with van der Waals surface area (Å²) in [6, 6.07) is 22.2. The van der Waals surface area contributed by atoms with E-state index >= 15 is 0 Å². The highest BCUT2D eigenvalue weighted by Crippen LogP contribution is 2.33. The highest BCUT2D eigenvalue weighted by Gasteiger charge is 2.08. The third-order valence-corrected chi connectivity index (χ3v) is 39.7. The van der Waals surface area contributed by atoms with E-state index in [9.17, 15) is 0 Å². The molecule has 4 rings (SSSR count). The lowest BCUT2D eigenvalue weighted by atomic mass is 10.0. The Hall–Kier alpha value is 1.44. The maximum atomic E-state index is 6.04. The predicted octanol–water partition coefficient (Wildman–Crippen LogP) is 4.79. The van der Waals surface area contributed by atoms with Crippen LogP contribution in [0.15, 0.2) is 71.1 Å². The van der Waals surface area contributed by atoms with Crippen molar-refractivity contribution in [3.05, 3.63) is 66.7 Å². The fourth-order valence-corrected chi connectivity index (χ4v) is 44.0. The molecule has 3 aromatic carbocycles. The summed E-state index contributed by atoms with van der Waals surface area (Å²) in [6.07, 6.45) is 0. The molecule has 0 aliphatic rings. The van der Waals surface area contributed by atoms with Crippen LogP contribution in [0, 0.1) is 0 Å². The highest BCUT2D eigenvalue weighted by atomic mass is 33.5. The molecule has 39 heavy (non-hydrogen) atoms. The van der Waals surface area contributed by atoms with Crippen molar-refractivity contribution < 1.29 is 4.42 Å². The third kappa shape index (κ3) is 13.3. The summed E-state index contributed by atoms with van der Waals surface area (Å²) < 4.78 is 5.91. The number of fused-ring (bicyclic) bond motifs is 3. The zero-order chi connectivity index (χ0) is 27.5. The lowest BCUT2D eigenvalue weighted by molar-refractivity contribution is 0.669. The molecule has 0 radical (unpaired) electrons. The number of benzene rings is 3. The first-order valence-corrected chi connectivity index (χ1v) is 33.6. The van der Waals surface area contributed by atoms with Gasteiger partial charge in [-0.1, -0.05) is 42.5 Å². The summed E-state index contributed by atoms with van der Waals surface area (Å²) in [5.74, 6) is 0. The van der Waals surface area contributed by atoms with Crippen molar-refractivity contribution in [3.8, 4) is 11.1 Å². The minimum Gasteiger partial charge on any atom is -0.456 e. The fraction of sp³-hybridized carbons (Fsp3) is 0. The average molecular weight is 869 g/mol. The van der Waals surface area contributed by atoms with Crippen molar-refractivity contribution in [1.82, 2.24) is 0 Å². The molecule has 210 valence electrons. The van der Waals surface area contributed by atoms with Gasteiger partial charge in [-0.3, -0.25) is 0 Å². The fourth-order valence-electron chi connectivity index (χ4n) is 2.82. The molecule has 0 bridgehead atoms. The van der Waals surface area contributed by atoms with Crippen LogP contribution in [-0.2, 0) is 173 Å². The van der Waals surface area contributed by atoms with Crippen molar-refractivity contribution in [1.29, 1.82) is 0 Å². The Kier molecular flexibility index (Phi) is 19.7. The Bertz CT molecular complexity index is 2170. The Labute approximate surface area is 284 Å². The van der Waals surface area contributed by atoms with Gasteiger partial charge in [0, 0.05) is 195 Å². The molecule has 0 saturated heterocycles. The predicted molar refractivity (Wildman–Crippen MR) is 224 cm³/mol. The van der Waals surface area contributed by atoms with E-state index in [1.54, 1.807) is 133 Å². The Morgan fingerprint density at radius 2 is 0.949 bits per heavy atom. The number of hydrogen-bond acceptors (Lipinski definition) is 4. The first-order chi connectivity index (χ1) is 19.2. The molecule has 4 aromatic rings. The number of para-hydroxylation sites is 2. The summed E-state index contributed by atoms with van der Waals surface area (Å²) in [4.78, 5) is 0. The van der Waals surface area contributed by atoms with E-state index < -0.39 is 0 Å². The molecule has 0 atom stereocenters. The standard InChI is InChI=1S/C18H13NO.S19/c19-16-7-3-1-5-13(16)12-9-10-15-14-6-2-4-8-17(14)20-18(15)11-12;1-3-5-7-9-11-13-15-17-19-18-16-14-12-10-8-6-4-2/h1-11H,19H2;. The number of anilines is 1. The van der Waals surface area contributed by atoms with E-state index in [-0.39, 0.29) is 0 Å². The molecule has 0 spiro atoms. The molecule has 1 aromatic heterocycles. The molecule has 2 N–H and O–H groups in total. The Morgan fingerprint density at radius 3 is 1.49 bits per heavy atom. The molecular weight excluding hydrogens is 855 g/mol. The van der Waals surface area contributed by atoms with Crippen molar-refractivity contribution in [2.24, 2.45) is 0 Å². The van der Waals surface area contributed by atoms with Crippen LogP contribution in [0.5, 0.6) is 0 Å². The second-order valence-corrected chi connectivity index (χ2v) is 36.1. The van der Waals surface area contributed by atoms with Crippen molar-refractivity contribution >= 4 is 201 Å². The van der Waals surface area contributed by atoms with Gasteiger partial charge in [-0.25, -0.2) is 0 Å². The molecule has 0 aliphatic carbocycles. The minimum absolute atomic E-state index is 0.781. The van der Waals surface area contributed by atoms with E-state index in [2.05, 4.69) is 24.3 Å². The van der Waals surface area contributed by atoms with Gasteiger partial charge < -0.3 is 10.2 Å². The van der Waals surface area contributed by atoms with Crippen LogP contribution in [-0.4, -0.2) is 0 Å². The SMILES string of the molecule is Nc1ccccc1-c1ccc2c(c1)oc1ccccc12.S=S=S=S=S=S=S=S=S=S=S=S=S=S=S=S=S=S=S. The number of hydrogen-bond donors (Lipinski definition) is 1. The summed E-state index contributed by atoms with van der Waals surface area (Å²) in [5, 5.41) is 2.29. The topological polar surface area (TPSA) is 39.2 Å². The van der Waals surface area contributed by atoms with Crippen LogP contribution in [0.1, 0.15) is 0 Å². The molecule has 0 amide bonds. The van der Waals surface area contributed by atoms with Crippen molar-refractivity contribution in [2.45, 2.75) is 0 Å².